The van der Waals surface area contributed by atoms with Crippen LogP contribution >= 0.6 is 0 Å². The Labute approximate surface area is 204 Å². The maximum absolute atomic E-state index is 13.6. The molecule has 0 amide bonds. The third kappa shape index (κ3) is 5.23. The summed E-state index contributed by atoms with van der Waals surface area (Å²) in [6.07, 6.45) is -5.05. The van der Waals surface area contributed by atoms with Crippen molar-refractivity contribution in [2.75, 3.05) is 7.11 Å². The summed E-state index contributed by atoms with van der Waals surface area (Å²) >= 11 is 0. The van der Waals surface area contributed by atoms with Crippen molar-refractivity contribution in [2.24, 2.45) is 5.73 Å². The van der Waals surface area contributed by atoms with Gasteiger partial charge < -0.3 is 10.5 Å². The monoisotopic (exact) mass is 496 g/mol. The molecule has 186 valence electrons. The van der Waals surface area contributed by atoms with Gasteiger partial charge in [-0.3, -0.25) is 9.36 Å². The zero-order valence-corrected chi connectivity index (χ0v) is 19.3. The first kappa shape index (κ1) is 24.9. The van der Waals surface area contributed by atoms with E-state index in [9.17, 15) is 22.8 Å². The highest BCUT2D eigenvalue weighted by atomic mass is 19.4. The molecule has 0 aliphatic heterocycles. The largest absolute Gasteiger partial charge is 0.497 e. The molecule has 1 aromatic heterocycles. The highest BCUT2D eigenvalue weighted by Gasteiger charge is 2.33. The summed E-state index contributed by atoms with van der Waals surface area (Å²) in [4.78, 5) is 26.7. The van der Waals surface area contributed by atoms with Crippen molar-refractivity contribution in [1.82, 2.24) is 14.3 Å². The average Bonchev–Trinajstić information content (AvgIpc) is 2.88. The van der Waals surface area contributed by atoms with E-state index in [1.807, 2.05) is 0 Å². The summed E-state index contributed by atoms with van der Waals surface area (Å²) in [5, 5.41) is 4.18. The van der Waals surface area contributed by atoms with Crippen LogP contribution in [0.3, 0.4) is 0 Å². The summed E-state index contributed by atoms with van der Waals surface area (Å²) in [5.41, 5.74) is 4.45. The molecule has 3 aromatic carbocycles. The Morgan fingerprint density at radius 3 is 2.36 bits per heavy atom. The standard InChI is InChI=1S/C26H23F3N4O3/c1-36-20-12-7-11-19(15-20)33-25(35)32(16-22(30)17-8-3-2-4-9-17)24(34)23(31-33)14-18-10-5-6-13-21(18)26(27,28)29/h2-13,15,22H,14,16,30H2,1H3. The summed E-state index contributed by atoms with van der Waals surface area (Å²) < 4.78 is 47.9. The van der Waals surface area contributed by atoms with Gasteiger partial charge in [0.15, 0.2) is 0 Å². The molecule has 10 heteroatoms. The van der Waals surface area contributed by atoms with Gasteiger partial charge in [-0.1, -0.05) is 54.6 Å². The first-order valence-corrected chi connectivity index (χ1v) is 11.0. The minimum absolute atomic E-state index is 0.135. The summed E-state index contributed by atoms with van der Waals surface area (Å²) in [6, 6.07) is 19.5. The molecule has 2 N–H and O–H groups in total. The van der Waals surface area contributed by atoms with E-state index in [0.717, 1.165) is 15.3 Å². The van der Waals surface area contributed by atoms with Crippen molar-refractivity contribution in [3.8, 4) is 11.4 Å². The van der Waals surface area contributed by atoms with Crippen LogP contribution in [0.2, 0.25) is 0 Å². The number of methoxy groups -OCH3 is 1. The maximum atomic E-state index is 13.6. The van der Waals surface area contributed by atoms with Crippen LogP contribution in [0.5, 0.6) is 5.75 Å². The van der Waals surface area contributed by atoms with Gasteiger partial charge in [-0.25, -0.2) is 4.79 Å². The van der Waals surface area contributed by atoms with E-state index in [1.165, 1.54) is 31.4 Å². The van der Waals surface area contributed by atoms with Gasteiger partial charge in [0.2, 0.25) is 0 Å². The Morgan fingerprint density at radius 1 is 0.972 bits per heavy atom. The van der Waals surface area contributed by atoms with E-state index in [4.69, 9.17) is 10.5 Å². The number of hydrogen-bond acceptors (Lipinski definition) is 5. The lowest BCUT2D eigenvalue weighted by Gasteiger charge is -2.17. The lowest BCUT2D eigenvalue weighted by Crippen LogP contribution is -2.44. The fraction of sp³-hybridized carbons (Fsp3) is 0.192. The smallest absolute Gasteiger partial charge is 0.416 e. The van der Waals surface area contributed by atoms with Crippen LogP contribution in [0, 0.1) is 0 Å². The molecular formula is C26H23F3N4O3. The van der Waals surface area contributed by atoms with Crippen molar-refractivity contribution in [1.29, 1.82) is 0 Å². The number of alkyl halides is 3. The molecular weight excluding hydrogens is 473 g/mol. The lowest BCUT2D eigenvalue weighted by atomic mass is 10.0. The van der Waals surface area contributed by atoms with Crippen molar-refractivity contribution >= 4 is 0 Å². The Hall–Kier alpha value is -4.18. The zero-order valence-electron chi connectivity index (χ0n) is 19.3. The Balaban J connectivity index is 1.88. The van der Waals surface area contributed by atoms with Crippen LogP contribution in [0.25, 0.3) is 5.69 Å². The van der Waals surface area contributed by atoms with Crippen LogP contribution < -0.4 is 21.7 Å². The number of rotatable bonds is 7. The minimum Gasteiger partial charge on any atom is -0.497 e. The van der Waals surface area contributed by atoms with E-state index in [1.54, 1.807) is 48.5 Å². The maximum Gasteiger partial charge on any atom is 0.416 e. The Bertz CT molecular complexity index is 1480. The van der Waals surface area contributed by atoms with Gasteiger partial charge >= 0.3 is 11.9 Å². The van der Waals surface area contributed by atoms with Crippen molar-refractivity contribution in [3.63, 3.8) is 0 Å². The number of nitrogens with two attached hydrogens (primary N) is 1. The quantitative estimate of drug-likeness (QED) is 0.421. The van der Waals surface area contributed by atoms with Gasteiger partial charge in [-0.05, 0) is 29.3 Å². The molecule has 0 fully saturated rings. The summed E-state index contributed by atoms with van der Waals surface area (Å²) in [6.45, 7) is -0.192. The number of ether oxygens (including phenoxy) is 1. The van der Waals surface area contributed by atoms with Crippen LogP contribution in [-0.4, -0.2) is 21.5 Å². The van der Waals surface area contributed by atoms with Gasteiger partial charge in [-0.15, -0.1) is 0 Å². The third-order valence-electron chi connectivity index (χ3n) is 5.71. The van der Waals surface area contributed by atoms with Gasteiger partial charge in [0.25, 0.3) is 5.56 Å². The molecule has 36 heavy (non-hydrogen) atoms. The van der Waals surface area contributed by atoms with Crippen LogP contribution in [0.15, 0.2) is 88.5 Å². The molecule has 4 rings (SSSR count). The molecule has 0 radical (unpaired) electrons. The van der Waals surface area contributed by atoms with Crippen LogP contribution in [0.1, 0.15) is 28.4 Å². The molecule has 4 aromatic rings. The molecule has 0 bridgehead atoms. The highest BCUT2D eigenvalue weighted by Crippen LogP contribution is 2.32. The molecule has 1 heterocycles. The highest BCUT2D eigenvalue weighted by molar-refractivity contribution is 5.38. The molecule has 7 nitrogen and oxygen atoms in total. The number of benzene rings is 3. The van der Waals surface area contributed by atoms with E-state index in [-0.39, 0.29) is 23.5 Å². The Morgan fingerprint density at radius 2 is 1.67 bits per heavy atom. The SMILES string of the molecule is COc1cccc(-n2nc(Cc3ccccc3C(F)(F)F)c(=O)n(CC(N)c3ccccc3)c2=O)c1. The fourth-order valence-corrected chi connectivity index (χ4v) is 3.88. The second kappa shape index (κ2) is 10.2. The predicted molar refractivity (Wildman–Crippen MR) is 128 cm³/mol. The average molecular weight is 496 g/mol. The van der Waals surface area contributed by atoms with Gasteiger partial charge in [0, 0.05) is 18.5 Å². The van der Waals surface area contributed by atoms with Gasteiger partial charge in [-0.2, -0.15) is 23.0 Å². The summed E-state index contributed by atoms with van der Waals surface area (Å²) in [5.74, 6) is 0.434. The van der Waals surface area contributed by atoms with Crippen LogP contribution in [-0.2, 0) is 19.1 Å². The molecule has 1 atom stereocenters. The Kier molecular flexibility index (Phi) is 7.07. The van der Waals surface area contributed by atoms with Crippen molar-refractivity contribution in [3.05, 3.63) is 122 Å². The fourth-order valence-electron chi connectivity index (χ4n) is 3.88. The van der Waals surface area contributed by atoms with E-state index in [2.05, 4.69) is 5.10 Å². The molecule has 1 unspecified atom stereocenters. The van der Waals surface area contributed by atoms with Gasteiger partial charge in [0.05, 0.1) is 24.9 Å². The van der Waals surface area contributed by atoms with Gasteiger partial charge in [0.1, 0.15) is 11.4 Å². The molecule has 0 saturated carbocycles. The number of nitrogens with zero attached hydrogens (tertiary/aromatic N) is 3. The minimum atomic E-state index is -4.62. The second-order valence-electron chi connectivity index (χ2n) is 8.11. The topological polar surface area (TPSA) is 92.1 Å². The number of halogens is 3. The van der Waals surface area contributed by atoms with E-state index in [0.29, 0.717) is 11.3 Å². The molecule has 0 aliphatic rings. The molecule has 0 spiro atoms. The zero-order chi connectivity index (χ0) is 25.9. The summed E-state index contributed by atoms with van der Waals surface area (Å²) in [7, 11) is 1.45. The third-order valence-corrected chi connectivity index (χ3v) is 5.71. The van der Waals surface area contributed by atoms with E-state index >= 15 is 0 Å². The van der Waals surface area contributed by atoms with Crippen molar-refractivity contribution in [2.45, 2.75) is 25.2 Å². The second-order valence-corrected chi connectivity index (χ2v) is 8.11. The van der Waals surface area contributed by atoms with Crippen LogP contribution in [0.4, 0.5) is 13.2 Å². The number of aromatic nitrogens is 3. The van der Waals surface area contributed by atoms with E-state index < -0.39 is 35.5 Å². The first-order chi connectivity index (χ1) is 17.2. The van der Waals surface area contributed by atoms with Crippen molar-refractivity contribution < 1.29 is 17.9 Å². The number of hydrogen-bond donors (Lipinski definition) is 1. The predicted octanol–water partition coefficient (Wildman–Crippen LogP) is 3.71. The molecule has 0 aliphatic carbocycles. The lowest BCUT2D eigenvalue weighted by molar-refractivity contribution is -0.138. The first-order valence-electron chi connectivity index (χ1n) is 11.0. The normalized spacial score (nSPS) is 12.4. The molecule has 0 saturated heterocycles.